The van der Waals surface area contributed by atoms with Crippen LogP contribution in [0.5, 0.6) is 0 Å². The molecule has 1 aromatic carbocycles. The fourth-order valence-electron chi connectivity index (χ4n) is 1.86. The van der Waals surface area contributed by atoms with Gasteiger partial charge in [0.25, 0.3) is 0 Å². The second-order valence-corrected chi connectivity index (χ2v) is 5.93. The molecule has 1 amide bonds. The van der Waals surface area contributed by atoms with Crippen LogP contribution in [0.4, 0.5) is 5.82 Å². The van der Waals surface area contributed by atoms with Gasteiger partial charge in [-0.25, -0.2) is 4.98 Å². The third kappa shape index (κ3) is 4.49. The van der Waals surface area contributed by atoms with Crippen molar-refractivity contribution in [3.05, 3.63) is 53.7 Å². The molecular formula is C16H19N3OS. The van der Waals surface area contributed by atoms with Gasteiger partial charge in [0.15, 0.2) is 0 Å². The number of pyridine rings is 1. The van der Waals surface area contributed by atoms with Crippen molar-refractivity contribution >= 4 is 23.5 Å². The van der Waals surface area contributed by atoms with E-state index in [0.29, 0.717) is 18.1 Å². The van der Waals surface area contributed by atoms with E-state index < -0.39 is 0 Å². The number of hydrogen-bond donors (Lipinski definition) is 1. The zero-order valence-corrected chi connectivity index (χ0v) is 13.1. The summed E-state index contributed by atoms with van der Waals surface area (Å²) in [5.74, 6) is 0.982. The van der Waals surface area contributed by atoms with Crippen LogP contribution in [0.1, 0.15) is 11.1 Å². The first-order chi connectivity index (χ1) is 10.1. The lowest BCUT2D eigenvalue weighted by atomic mass is 10.1. The number of nitrogens with zero attached hydrogens (tertiary/aromatic N) is 2. The molecule has 0 saturated heterocycles. The quantitative estimate of drug-likeness (QED) is 0.863. The maximum Gasteiger partial charge on any atom is 0.232 e. The van der Waals surface area contributed by atoms with Crippen LogP contribution in [0.25, 0.3) is 0 Å². The van der Waals surface area contributed by atoms with Gasteiger partial charge in [-0.05, 0) is 30.2 Å². The van der Waals surface area contributed by atoms with Crippen LogP contribution in [0, 0.1) is 6.92 Å². The number of rotatable bonds is 5. The summed E-state index contributed by atoms with van der Waals surface area (Å²) in [7, 11) is 1.83. The number of nitrogen functional groups attached to an aromatic ring is 1. The van der Waals surface area contributed by atoms with Gasteiger partial charge in [0, 0.05) is 24.7 Å². The van der Waals surface area contributed by atoms with Crippen LogP contribution in [0.15, 0.2) is 47.5 Å². The molecule has 1 aromatic heterocycles. The Morgan fingerprint density at radius 2 is 2.05 bits per heavy atom. The Balaban J connectivity index is 1.88. The zero-order chi connectivity index (χ0) is 15.2. The van der Waals surface area contributed by atoms with Crippen molar-refractivity contribution in [2.24, 2.45) is 0 Å². The Morgan fingerprint density at radius 3 is 2.71 bits per heavy atom. The average molecular weight is 301 g/mol. The molecule has 0 radical (unpaired) electrons. The SMILES string of the molecule is Cc1ccccc1CN(C)C(=O)CSc1ccc(N)nc1. The van der Waals surface area contributed by atoms with Crippen LogP contribution in [0.3, 0.4) is 0 Å². The number of amides is 1. The van der Waals surface area contributed by atoms with Gasteiger partial charge in [-0.1, -0.05) is 24.3 Å². The Labute approximate surface area is 129 Å². The minimum Gasteiger partial charge on any atom is -0.384 e. The summed E-state index contributed by atoms with van der Waals surface area (Å²) in [6.07, 6.45) is 1.69. The van der Waals surface area contributed by atoms with E-state index in [-0.39, 0.29) is 5.91 Å². The highest BCUT2D eigenvalue weighted by atomic mass is 32.2. The van der Waals surface area contributed by atoms with Crippen molar-refractivity contribution in [1.82, 2.24) is 9.88 Å². The Kier molecular flexibility index (Phi) is 5.22. The molecular weight excluding hydrogens is 282 g/mol. The van der Waals surface area contributed by atoms with Crippen molar-refractivity contribution in [2.75, 3.05) is 18.5 Å². The molecule has 4 nitrogen and oxygen atoms in total. The topological polar surface area (TPSA) is 59.2 Å². The summed E-state index contributed by atoms with van der Waals surface area (Å²) in [6, 6.07) is 11.7. The maximum atomic E-state index is 12.2. The maximum absolute atomic E-state index is 12.2. The molecule has 0 bridgehead atoms. The predicted molar refractivity (Wildman–Crippen MR) is 87.0 cm³/mol. The number of carbonyl (C=O) groups is 1. The number of hydrogen-bond acceptors (Lipinski definition) is 4. The predicted octanol–water partition coefficient (Wildman–Crippen LogP) is 2.72. The average Bonchev–Trinajstić information content (AvgIpc) is 2.48. The van der Waals surface area contributed by atoms with Crippen LogP contribution in [-0.2, 0) is 11.3 Å². The van der Waals surface area contributed by atoms with Crippen molar-refractivity contribution < 1.29 is 4.79 Å². The van der Waals surface area contributed by atoms with Crippen LogP contribution >= 0.6 is 11.8 Å². The molecule has 21 heavy (non-hydrogen) atoms. The van der Waals surface area contributed by atoms with Crippen molar-refractivity contribution in [1.29, 1.82) is 0 Å². The van der Waals surface area contributed by atoms with Crippen LogP contribution in [-0.4, -0.2) is 28.6 Å². The molecule has 0 aliphatic carbocycles. The smallest absolute Gasteiger partial charge is 0.232 e. The lowest BCUT2D eigenvalue weighted by Crippen LogP contribution is -2.28. The van der Waals surface area contributed by atoms with Gasteiger partial charge >= 0.3 is 0 Å². The first kappa shape index (κ1) is 15.4. The lowest BCUT2D eigenvalue weighted by molar-refractivity contribution is -0.127. The minimum atomic E-state index is 0.0973. The molecule has 5 heteroatoms. The van der Waals surface area contributed by atoms with Gasteiger partial charge in [-0.15, -0.1) is 11.8 Å². The fourth-order valence-corrected chi connectivity index (χ4v) is 2.67. The molecule has 0 aliphatic rings. The number of aryl methyl sites for hydroxylation is 1. The number of aromatic nitrogens is 1. The van der Waals surface area contributed by atoms with Crippen LogP contribution < -0.4 is 5.73 Å². The third-order valence-corrected chi connectivity index (χ3v) is 4.18. The molecule has 0 saturated carbocycles. The van der Waals surface area contributed by atoms with Gasteiger partial charge in [-0.2, -0.15) is 0 Å². The Hall–Kier alpha value is -2.01. The van der Waals surface area contributed by atoms with E-state index >= 15 is 0 Å². The molecule has 0 spiro atoms. The lowest BCUT2D eigenvalue weighted by Gasteiger charge is -2.18. The largest absolute Gasteiger partial charge is 0.384 e. The number of anilines is 1. The standard InChI is InChI=1S/C16H19N3OS/c1-12-5-3-4-6-13(12)10-19(2)16(20)11-21-14-7-8-15(17)18-9-14/h3-9H,10-11H2,1-2H3,(H2,17,18). The Morgan fingerprint density at radius 1 is 1.29 bits per heavy atom. The number of benzene rings is 1. The summed E-state index contributed by atoms with van der Waals surface area (Å²) in [5, 5.41) is 0. The summed E-state index contributed by atoms with van der Waals surface area (Å²) < 4.78 is 0. The van der Waals surface area contributed by atoms with Gasteiger partial charge in [0.05, 0.1) is 5.75 Å². The monoisotopic (exact) mass is 301 g/mol. The van der Waals surface area contributed by atoms with E-state index in [9.17, 15) is 4.79 Å². The van der Waals surface area contributed by atoms with E-state index in [2.05, 4.69) is 24.0 Å². The van der Waals surface area contributed by atoms with E-state index in [0.717, 1.165) is 4.90 Å². The van der Waals surface area contributed by atoms with E-state index in [1.807, 2.05) is 25.2 Å². The van der Waals surface area contributed by atoms with Crippen molar-refractivity contribution in [3.8, 4) is 0 Å². The first-order valence-electron chi connectivity index (χ1n) is 6.69. The second-order valence-electron chi connectivity index (χ2n) is 4.88. The molecule has 0 atom stereocenters. The molecule has 2 aromatic rings. The molecule has 2 rings (SSSR count). The molecule has 110 valence electrons. The van der Waals surface area contributed by atoms with E-state index in [4.69, 9.17) is 5.73 Å². The highest BCUT2D eigenvalue weighted by Gasteiger charge is 2.11. The summed E-state index contributed by atoms with van der Waals surface area (Å²) in [4.78, 5) is 18.9. The number of thioether (sulfide) groups is 1. The van der Waals surface area contributed by atoms with E-state index in [1.165, 1.54) is 22.9 Å². The van der Waals surface area contributed by atoms with E-state index in [1.54, 1.807) is 17.2 Å². The normalized spacial score (nSPS) is 10.4. The molecule has 1 heterocycles. The molecule has 0 aliphatic heterocycles. The van der Waals surface area contributed by atoms with Gasteiger partial charge in [0.2, 0.25) is 5.91 Å². The molecule has 0 unspecified atom stereocenters. The van der Waals surface area contributed by atoms with Gasteiger partial charge < -0.3 is 10.6 Å². The summed E-state index contributed by atoms with van der Waals surface area (Å²) in [6.45, 7) is 2.69. The second kappa shape index (κ2) is 7.13. The molecule has 2 N–H and O–H groups in total. The summed E-state index contributed by atoms with van der Waals surface area (Å²) >= 11 is 1.47. The van der Waals surface area contributed by atoms with Crippen molar-refractivity contribution in [2.45, 2.75) is 18.4 Å². The van der Waals surface area contributed by atoms with Crippen molar-refractivity contribution in [3.63, 3.8) is 0 Å². The number of carbonyl (C=O) groups excluding carboxylic acids is 1. The molecule has 0 fully saturated rings. The highest BCUT2D eigenvalue weighted by Crippen LogP contribution is 2.18. The third-order valence-electron chi connectivity index (χ3n) is 3.22. The first-order valence-corrected chi connectivity index (χ1v) is 7.67. The minimum absolute atomic E-state index is 0.0973. The zero-order valence-electron chi connectivity index (χ0n) is 12.2. The Bertz CT molecular complexity index is 613. The fraction of sp³-hybridized carbons (Fsp3) is 0.250. The van der Waals surface area contributed by atoms with Gasteiger partial charge in [-0.3, -0.25) is 4.79 Å². The highest BCUT2D eigenvalue weighted by molar-refractivity contribution is 8.00. The number of nitrogens with two attached hydrogens (primary N) is 1. The van der Waals surface area contributed by atoms with Crippen LogP contribution in [0.2, 0.25) is 0 Å². The summed E-state index contributed by atoms with van der Waals surface area (Å²) in [5.41, 5.74) is 7.91. The van der Waals surface area contributed by atoms with Gasteiger partial charge in [0.1, 0.15) is 5.82 Å².